The number of benzene rings is 1. The van der Waals surface area contributed by atoms with Crippen LogP contribution >= 0.6 is 11.8 Å². The van der Waals surface area contributed by atoms with Crippen LogP contribution in [0.15, 0.2) is 54.6 Å². The Bertz CT molecular complexity index is 424. The van der Waals surface area contributed by atoms with Crippen LogP contribution in [0, 0.1) is 0 Å². The highest BCUT2D eigenvalue weighted by molar-refractivity contribution is 8.14. The van der Waals surface area contributed by atoms with E-state index in [2.05, 4.69) is 18.2 Å². The molecular formula is C17H22O2S. The third-order valence-electron chi connectivity index (χ3n) is 2.54. The average Bonchev–Trinajstić information content (AvgIpc) is 2.47. The van der Waals surface area contributed by atoms with Gasteiger partial charge in [0.2, 0.25) is 5.12 Å². The standard InChI is InChI=1S/C17H22O2S/c1-2-20-17(18)13-9-4-3-5-10-14-19-15-16-11-7-6-8-12-16/h3-4,6-9,11-13H,2,5,10,14-15H2,1H3/b4-3+,13-9+. The second kappa shape index (κ2) is 11.5. The smallest absolute Gasteiger partial charge is 0.212 e. The molecule has 1 aromatic rings. The number of ether oxygens (including phenoxy) is 1. The normalized spacial score (nSPS) is 11.4. The predicted molar refractivity (Wildman–Crippen MR) is 86.8 cm³/mol. The summed E-state index contributed by atoms with van der Waals surface area (Å²) in [6.07, 6.45) is 9.35. The van der Waals surface area contributed by atoms with Crippen LogP contribution in [0.5, 0.6) is 0 Å². The molecule has 0 aliphatic heterocycles. The highest BCUT2D eigenvalue weighted by atomic mass is 32.2. The molecule has 0 N–H and O–H groups in total. The summed E-state index contributed by atoms with van der Waals surface area (Å²) in [5.74, 6) is 0.825. The van der Waals surface area contributed by atoms with Gasteiger partial charge in [0.05, 0.1) is 6.61 Å². The lowest BCUT2D eigenvalue weighted by atomic mass is 10.2. The van der Waals surface area contributed by atoms with Crippen molar-refractivity contribution in [2.75, 3.05) is 12.4 Å². The molecule has 20 heavy (non-hydrogen) atoms. The Morgan fingerprint density at radius 3 is 2.80 bits per heavy atom. The molecule has 0 radical (unpaired) electrons. The third kappa shape index (κ3) is 8.73. The van der Waals surface area contributed by atoms with Gasteiger partial charge in [0.15, 0.2) is 0 Å². The molecule has 0 heterocycles. The summed E-state index contributed by atoms with van der Waals surface area (Å²) in [6.45, 7) is 3.41. The minimum Gasteiger partial charge on any atom is -0.377 e. The first kappa shape index (κ1) is 16.7. The maximum Gasteiger partial charge on any atom is 0.212 e. The Morgan fingerprint density at radius 1 is 1.25 bits per heavy atom. The van der Waals surface area contributed by atoms with Crippen LogP contribution in [0.25, 0.3) is 0 Å². The molecule has 0 amide bonds. The number of allylic oxidation sites excluding steroid dienone is 3. The van der Waals surface area contributed by atoms with E-state index in [4.69, 9.17) is 4.74 Å². The lowest BCUT2D eigenvalue weighted by Crippen LogP contribution is -1.94. The molecule has 0 spiro atoms. The fourth-order valence-corrected chi connectivity index (χ4v) is 2.03. The van der Waals surface area contributed by atoms with Crippen LogP contribution in [0.1, 0.15) is 25.3 Å². The molecule has 0 aliphatic carbocycles. The van der Waals surface area contributed by atoms with Crippen molar-refractivity contribution < 1.29 is 9.53 Å². The monoisotopic (exact) mass is 290 g/mol. The highest BCUT2D eigenvalue weighted by Crippen LogP contribution is 2.03. The highest BCUT2D eigenvalue weighted by Gasteiger charge is 1.92. The molecule has 1 aromatic carbocycles. The summed E-state index contributed by atoms with van der Waals surface area (Å²) in [6, 6.07) is 10.2. The first-order chi connectivity index (χ1) is 9.83. The average molecular weight is 290 g/mol. The number of hydrogen-bond donors (Lipinski definition) is 0. The summed E-state index contributed by atoms with van der Waals surface area (Å²) in [5.41, 5.74) is 1.21. The van der Waals surface area contributed by atoms with Crippen molar-refractivity contribution in [2.24, 2.45) is 0 Å². The van der Waals surface area contributed by atoms with E-state index in [1.807, 2.05) is 31.2 Å². The molecule has 108 valence electrons. The Balaban J connectivity index is 2.00. The van der Waals surface area contributed by atoms with E-state index in [9.17, 15) is 4.79 Å². The number of carbonyl (C=O) groups excluding carboxylic acids is 1. The quantitative estimate of drug-likeness (QED) is 0.383. The van der Waals surface area contributed by atoms with Gasteiger partial charge < -0.3 is 4.74 Å². The molecule has 0 atom stereocenters. The van der Waals surface area contributed by atoms with Crippen molar-refractivity contribution in [3.63, 3.8) is 0 Å². The topological polar surface area (TPSA) is 26.3 Å². The molecule has 0 saturated carbocycles. The van der Waals surface area contributed by atoms with Gasteiger partial charge in [-0.25, -0.2) is 0 Å². The van der Waals surface area contributed by atoms with E-state index in [1.165, 1.54) is 17.3 Å². The van der Waals surface area contributed by atoms with E-state index in [0.717, 1.165) is 25.2 Å². The Hall–Kier alpha value is -1.32. The summed E-state index contributed by atoms with van der Waals surface area (Å²) in [5, 5.41) is 0.114. The van der Waals surface area contributed by atoms with Crippen molar-refractivity contribution in [2.45, 2.75) is 26.4 Å². The van der Waals surface area contributed by atoms with Gasteiger partial charge in [-0.15, -0.1) is 0 Å². The Morgan fingerprint density at radius 2 is 2.05 bits per heavy atom. The maximum atomic E-state index is 11.2. The molecule has 3 heteroatoms. The molecule has 0 fully saturated rings. The summed E-state index contributed by atoms with van der Waals surface area (Å²) < 4.78 is 5.59. The first-order valence-corrected chi connectivity index (χ1v) is 7.93. The van der Waals surface area contributed by atoms with Gasteiger partial charge in [-0.1, -0.05) is 67.2 Å². The number of carbonyl (C=O) groups is 1. The lowest BCUT2D eigenvalue weighted by Gasteiger charge is -2.02. The predicted octanol–water partition coefficient (Wildman–Crippen LogP) is 4.38. The van der Waals surface area contributed by atoms with Gasteiger partial charge in [0.1, 0.15) is 0 Å². The van der Waals surface area contributed by atoms with Crippen LogP contribution in [0.3, 0.4) is 0 Å². The van der Waals surface area contributed by atoms with Crippen molar-refractivity contribution >= 4 is 16.9 Å². The van der Waals surface area contributed by atoms with Gasteiger partial charge in [0, 0.05) is 6.61 Å². The van der Waals surface area contributed by atoms with E-state index in [1.54, 1.807) is 12.2 Å². The summed E-state index contributed by atoms with van der Waals surface area (Å²) in [7, 11) is 0. The SMILES string of the molecule is CCSC(=O)/C=C/C=C/CCCOCc1ccccc1. The zero-order chi connectivity index (χ0) is 14.5. The van der Waals surface area contributed by atoms with Crippen LogP contribution < -0.4 is 0 Å². The van der Waals surface area contributed by atoms with Gasteiger partial charge in [-0.05, 0) is 30.2 Å². The van der Waals surface area contributed by atoms with Crippen LogP contribution in [-0.2, 0) is 16.1 Å². The molecule has 0 saturated heterocycles. The van der Waals surface area contributed by atoms with Crippen molar-refractivity contribution in [3.8, 4) is 0 Å². The van der Waals surface area contributed by atoms with Crippen LogP contribution in [-0.4, -0.2) is 17.5 Å². The van der Waals surface area contributed by atoms with Gasteiger partial charge in [-0.3, -0.25) is 4.79 Å². The zero-order valence-electron chi connectivity index (χ0n) is 12.0. The Kier molecular flexibility index (Phi) is 9.62. The third-order valence-corrected chi connectivity index (χ3v) is 3.25. The minimum absolute atomic E-state index is 0.114. The zero-order valence-corrected chi connectivity index (χ0v) is 12.8. The molecule has 0 aromatic heterocycles. The number of hydrogen-bond acceptors (Lipinski definition) is 3. The van der Waals surface area contributed by atoms with E-state index in [0.29, 0.717) is 6.61 Å². The van der Waals surface area contributed by atoms with Crippen molar-refractivity contribution in [3.05, 3.63) is 60.2 Å². The number of thioether (sulfide) groups is 1. The maximum absolute atomic E-state index is 11.2. The van der Waals surface area contributed by atoms with Gasteiger partial charge in [-0.2, -0.15) is 0 Å². The molecule has 1 rings (SSSR count). The largest absolute Gasteiger partial charge is 0.377 e. The van der Waals surface area contributed by atoms with Crippen LogP contribution in [0.4, 0.5) is 0 Å². The van der Waals surface area contributed by atoms with E-state index >= 15 is 0 Å². The van der Waals surface area contributed by atoms with Crippen molar-refractivity contribution in [1.29, 1.82) is 0 Å². The molecule has 2 nitrogen and oxygen atoms in total. The summed E-state index contributed by atoms with van der Waals surface area (Å²) >= 11 is 1.32. The van der Waals surface area contributed by atoms with Gasteiger partial charge in [0.25, 0.3) is 0 Å². The van der Waals surface area contributed by atoms with Crippen molar-refractivity contribution in [1.82, 2.24) is 0 Å². The number of unbranched alkanes of at least 4 members (excludes halogenated alkanes) is 1. The van der Waals surface area contributed by atoms with Crippen LogP contribution in [0.2, 0.25) is 0 Å². The summed E-state index contributed by atoms with van der Waals surface area (Å²) in [4.78, 5) is 11.2. The number of rotatable bonds is 9. The van der Waals surface area contributed by atoms with E-state index in [-0.39, 0.29) is 5.12 Å². The fourth-order valence-electron chi connectivity index (χ4n) is 1.57. The lowest BCUT2D eigenvalue weighted by molar-refractivity contribution is -0.107. The Labute approximate surface area is 125 Å². The molecule has 0 unspecified atom stereocenters. The molecule has 0 aliphatic rings. The minimum atomic E-state index is 0.114. The fraction of sp³-hybridized carbons (Fsp3) is 0.353. The van der Waals surface area contributed by atoms with Gasteiger partial charge >= 0.3 is 0 Å². The first-order valence-electron chi connectivity index (χ1n) is 6.94. The second-order valence-electron chi connectivity index (χ2n) is 4.22. The second-order valence-corrected chi connectivity index (χ2v) is 5.49. The molecular weight excluding hydrogens is 268 g/mol. The van der Waals surface area contributed by atoms with E-state index < -0.39 is 0 Å². The molecule has 0 bridgehead atoms.